The van der Waals surface area contributed by atoms with Crippen molar-refractivity contribution in [3.63, 3.8) is 0 Å². The molecule has 0 radical (unpaired) electrons. The monoisotopic (exact) mass is 221 g/mol. The first kappa shape index (κ1) is 13.0. The molecule has 0 aliphatic carbocycles. The molecule has 2 N–H and O–H groups in total. The number of benzene rings is 1. The van der Waals surface area contributed by atoms with Gasteiger partial charge in [0.2, 0.25) is 0 Å². The van der Waals surface area contributed by atoms with Crippen molar-refractivity contribution in [2.24, 2.45) is 5.92 Å². The lowest BCUT2D eigenvalue weighted by Crippen LogP contribution is -2.12. The van der Waals surface area contributed by atoms with Crippen LogP contribution in [0.1, 0.15) is 32.3 Å². The van der Waals surface area contributed by atoms with Crippen LogP contribution in [0, 0.1) is 5.92 Å². The molecule has 2 nitrogen and oxygen atoms in total. The Morgan fingerprint density at radius 2 is 2.00 bits per heavy atom. The Hall–Kier alpha value is -1.02. The summed E-state index contributed by atoms with van der Waals surface area (Å²) < 4.78 is 0. The molecule has 0 fully saturated rings. The maximum Gasteiger partial charge on any atom is 0.0471 e. The summed E-state index contributed by atoms with van der Waals surface area (Å²) >= 11 is 0. The van der Waals surface area contributed by atoms with Gasteiger partial charge in [-0.2, -0.15) is 0 Å². The summed E-state index contributed by atoms with van der Waals surface area (Å²) in [7, 11) is 0. The fraction of sp³-hybridized carbons (Fsp3) is 0.571. The molecule has 16 heavy (non-hydrogen) atoms. The molecule has 0 heterocycles. The number of aliphatic hydroxyl groups is 1. The van der Waals surface area contributed by atoms with Gasteiger partial charge in [0.05, 0.1) is 0 Å². The molecule has 0 amide bonds. The Morgan fingerprint density at radius 1 is 1.25 bits per heavy atom. The predicted molar refractivity (Wildman–Crippen MR) is 69.8 cm³/mol. The third-order valence-electron chi connectivity index (χ3n) is 3.08. The van der Waals surface area contributed by atoms with Crippen LogP contribution in [0.25, 0.3) is 0 Å². The molecular formula is C14H23NO. The average molecular weight is 221 g/mol. The zero-order valence-corrected chi connectivity index (χ0v) is 10.4. The van der Waals surface area contributed by atoms with Gasteiger partial charge in [0.1, 0.15) is 0 Å². The summed E-state index contributed by atoms with van der Waals surface area (Å²) in [5, 5.41) is 12.3. The van der Waals surface area contributed by atoms with Crippen molar-refractivity contribution >= 4 is 5.69 Å². The Kier molecular flexibility index (Phi) is 5.94. The first-order valence-electron chi connectivity index (χ1n) is 6.23. The molecule has 0 saturated heterocycles. The highest BCUT2D eigenvalue weighted by atomic mass is 16.2. The van der Waals surface area contributed by atoms with Crippen LogP contribution in [-0.2, 0) is 6.42 Å². The molecule has 0 bridgehead atoms. The van der Waals surface area contributed by atoms with E-state index in [1.165, 1.54) is 18.4 Å². The van der Waals surface area contributed by atoms with E-state index in [0.717, 1.165) is 24.6 Å². The Bertz CT molecular complexity index is 295. The largest absolute Gasteiger partial charge is 0.396 e. The average Bonchev–Trinajstić information content (AvgIpc) is 2.31. The van der Waals surface area contributed by atoms with Crippen molar-refractivity contribution in [1.29, 1.82) is 0 Å². The summed E-state index contributed by atoms with van der Waals surface area (Å²) in [5.74, 6) is 0.751. The number of hydrogen-bond donors (Lipinski definition) is 2. The molecule has 1 rings (SSSR count). The van der Waals surface area contributed by atoms with E-state index in [9.17, 15) is 0 Å². The smallest absolute Gasteiger partial charge is 0.0471 e. The molecule has 0 atom stereocenters. The van der Waals surface area contributed by atoms with E-state index in [-0.39, 0.29) is 6.61 Å². The van der Waals surface area contributed by atoms with Crippen LogP contribution in [0.5, 0.6) is 0 Å². The van der Waals surface area contributed by atoms with Gasteiger partial charge in [-0.05, 0) is 30.0 Å². The normalized spacial score (nSPS) is 10.8. The zero-order valence-electron chi connectivity index (χ0n) is 10.4. The van der Waals surface area contributed by atoms with Gasteiger partial charge in [-0.1, -0.05) is 38.8 Å². The van der Waals surface area contributed by atoms with E-state index in [0.29, 0.717) is 0 Å². The quantitative estimate of drug-likeness (QED) is 0.741. The molecule has 0 aliphatic heterocycles. The molecule has 1 aromatic rings. The summed E-state index contributed by atoms with van der Waals surface area (Å²) in [4.78, 5) is 0. The number of nitrogens with one attached hydrogen (secondary N) is 1. The van der Waals surface area contributed by atoms with Gasteiger partial charge in [0.25, 0.3) is 0 Å². The molecule has 2 heteroatoms. The first-order valence-corrected chi connectivity index (χ1v) is 6.23. The van der Waals surface area contributed by atoms with Crippen LogP contribution in [0.2, 0.25) is 0 Å². The fourth-order valence-corrected chi connectivity index (χ4v) is 1.81. The van der Waals surface area contributed by atoms with E-state index >= 15 is 0 Å². The van der Waals surface area contributed by atoms with Crippen molar-refractivity contribution in [1.82, 2.24) is 0 Å². The molecule has 0 saturated carbocycles. The van der Waals surface area contributed by atoms with Gasteiger partial charge in [-0.3, -0.25) is 0 Å². The van der Waals surface area contributed by atoms with Crippen LogP contribution < -0.4 is 5.32 Å². The second kappa shape index (κ2) is 7.29. The minimum atomic E-state index is 0.218. The van der Waals surface area contributed by atoms with Gasteiger partial charge in [0.15, 0.2) is 0 Å². The molecular weight excluding hydrogens is 198 g/mol. The summed E-state index contributed by atoms with van der Waals surface area (Å²) in [6, 6.07) is 8.31. The second-order valence-corrected chi connectivity index (χ2v) is 4.24. The highest BCUT2D eigenvalue weighted by Crippen LogP contribution is 2.13. The van der Waals surface area contributed by atoms with Crippen LogP contribution >= 0.6 is 0 Å². The minimum Gasteiger partial charge on any atom is -0.396 e. The number of hydrogen-bond acceptors (Lipinski definition) is 2. The van der Waals surface area contributed by atoms with Crippen molar-refractivity contribution < 1.29 is 5.11 Å². The first-order chi connectivity index (χ1) is 7.80. The Morgan fingerprint density at radius 3 is 2.62 bits per heavy atom. The number of anilines is 1. The van der Waals surface area contributed by atoms with Crippen molar-refractivity contribution in [2.75, 3.05) is 18.5 Å². The second-order valence-electron chi connectivity index (χ2n) is 4.24. The van der Waals surface area contributed by atoms with Crippen molar-refractivity contribution in [3.05, 3.63) is 29.8 Å². The molecule has 0 aliphatic rings. The molecule has 90 valence electrons. The van der Waals surface area contributed by atoms with Crippen LogP contribution in [0.3, 0.4) is 0 Å². The van der Waals surface area contributed by atoms with Gasteiger partial charge >= 0.3 is 0 Å². The van der Waals surface area contributed by atoms with E-state index in [1.54, 1.807) is 0 Å². The zero-order chi connectivity index (χ0) is 11.8. The standard InChI is InChI=1S/C14H23NO/c1-3-12(4-2)11-15-14-7-5-6-13(10-14)8-9-16/h5-7,10,12,15-16H,3-4,8-9,11H2,1-2H3. The van der Waals surface area contributed by atoms with E-state index in [4.69, 9.17) is 5.11 Å². The molecule has 0 aromatic heterocycles. The molecule has 0 unspecified atom stereocenters. The van der Waals surface area contributed by atoms with Gasteiger partial charge < -0.3 is 10.4 Å². The molecule has 1 aromatic carbocycles. The van der Waals surface area contributed by atoms with E-state index < -0.39 is 0 Å². The highest BCUT2D eigenvalue weighted by molar-refractivity contribution is 5.45. The maximum absolute atomic E-state index is 8.88. The summed E-state index contributed by atoms with van der Waals surface area (Å²) in [5.41, 5.74) is 2.36. The van der Waals surface area contributed by atoms with Crippen molar-refractivity contribution in [2.45, 2.75) is 33.1 Å². The maximum atomic E-state index is 8.88. The van der Waals surface area contributed by atoms with Crippen LogP contribution in [-0.4, -0.2) is 18.3 Å². The van der Waals surface area contributed by atoms with Crippen LogP contribution in [0.4, 0.5) is 5.69 Å². The lowest BCUT2D eigenvalue weighted by Gasteiger charge is -2.14. The lowest BCUT2D eigenvalue weighted by atomic mass is 10.0. The van der Waals surface area contributed by atoms with Gasteiger partial charge in [-0.25, -0.2) is 0 Å². The third kappa shape index (κ3) is 4.23. The topological polar surface area (TPSA) is 32.3 Å². The Labute approximate surface area is 98.7 Å². The number of aliphatic hydroxyl groups excluding tert-OH is 1. The van der Waals surface area contributed by atoms with E-state index in [1.807, 2.05) is 6.07 Å². The summed E-state index contributed by atoms with van der Waals surface area (Å²) in [6.07, 6.45) is 3.18. The summed E-state index contributed by atoms with van der Waals surface area (Å²) in [6.45, 7) is 5.72. The van der Waals surface area contributed by atoms with Gasteiger partial charge in [0, 0.05) is 18.8 Å². The molecule has 0 spiro atoms. The van der Waals surface area contributed by atoms with E-state index in [2.05, 4.69) is 37.4 Å². The van der Waals surface area contributed by atoms with Crippen LogP contribution in [0.15, 0.2) is 24.3 Å². The SMILES string of the molecule is CCC(CC)CNc1cccc(CCO)c1. The van der Waals surface area contributed by atoms with Crippen molar-refractivity contribution in [3.8, 4) is 0 Å². The van der Waals surface area contributed by atoms with Gasteiger partial charge in [-0.15, -0.1) is 0 Å². The highest BCUT2D eigenvalue weighted by Gasteiger charge is 2.02. The Balaban J connectivity index is 2.49. The lowest BCUT2D eigenvalue weighted by molar-refractivity contribution is 0.299. The predicted octanol–water partition coefficient (Wildman–Crippen LogP) is 3.07. The number of rotatable bonds is 7. The fourth-order valence-electron chi connectivity index (χ4n) is 1.81. The third-order valence-corrected chi connectivity index (χ3v) is 3.08. The minimum absolute atomic E-state index is 0.218.